The molecule has 1 aliphatic heterocycles. The number of ether oxygens (including phenoxy) is 1. The summed E-state index contributed by atoms with van der Waals surface area (Å²) in [5, 5.41) is 9.15. The molecule has 28 heavy (non-hydrogen) atoms. The third-order valence-corrected chi connectivity index (χ3v) is 4.31. The van der Waals surface area contributed by atoms with Crippen molar-refractivity contribution in [2.45, 2.75) is 31.6 Å². The molecule has 0 amide bonds. The minimum atomic E-state index is -5.27. The maximum absolute atomic E-state index is 13.0. The van der Waals surface area contributed by atoms with Gasteiger partial charge in [0.2, 0.25) is 0 Å². The maximum Gasteiger partial charge on any atom is 0.491 e. The van der Waals surface area contributed by atoms with Crippen LogP contribution in [0, 0.1) is 17.2 Å². The van der Waals surface area contributed by atoms with Crippen LogP contribution in [0.1, 0.15) is 30.4 Å². The molecular weight excluding hydrogens is 394 g/mol. The van der Waals surface area contributed by atoms with Crippen molar-refractivity contribution in [2.75, 3.05) is 18.0 Å². The molecule has 0 aliphatic carbocycles. The first-order valence-corrected chi connectivity index (χ1v) is 8.10. The van der Waals surface area contributed by atoms with Crippen LogP contribution in [-0.4, -0.2) is 31.2 Å². The number of hydrogen-bond acceptors (Lipinski definition) is 5. The van der Waals surface area contributed by atoms with Gasteiger partial charge in [-0.2, -0.15) is 31.6 Å². The van der Waals surface area contributed by atoms with Crippen molar-refractivity contribution in [1.29, 1.82) is 5.26 Å². The zero-order valence-electron chi connectivity index (χ0n) is 14.2. The Morgan fingerprint density at radius 1 is 1.14 bits per heavy atom. The Morgan fingerprint density at radius 2 is 1.75 bits per heavy atom. The Morgan fingerprint density at radius 3 is 2.25 bits per heavy atom. The van der Waals surface area contributed by atoms with Gasteiger partial charge in [-0.1, -0.05) is 6.07 Å². The van der Waals surface area contributed by atoms with E-state index in [2.05, 4.69) is 4.74 Å². The Bertz CT molecular complexity index is 790. The minimum absolute atomic E-state index is 0.102. The van der Waals surface area contributed by atoms with Crippen molar-refractivity contribution >= 4 is 17.6 Å². The average molecular weight is 408 g/mol. The molecule has 0 unspecified atom stereocenters. The molecule has 0 saturated carbocycles. The highest BCUT2D eigenvalue weighted by atomic mass is 19.4. The quantitative estimate of drug-likeness (QED) is 0.432. The lowest BCUT2D eigenvalue weighted by Crippen LogP contribution is -2.36. The zero-order valence-corrected chi connectivity index (χ0v) is 14.2. The molecule has 0 bridgehead atoms. The first-order chi connectivity index (χ1) is 12.9. The van der Waals surface area contributed by atoms with Gasteiger partial charge >= 0.3 is 24.3 Å². The Balaban J connectivity index is 2.01. The molecule has 0 N–H and O–H groups in total. The normalized spacial score (nSPS) is 15.8. The van der Waals surface area contributed by atoms with E-state index >= 15 is 0 Å². The predicted octanol–water partition coefficient (Wildman–Crippen LogP) is 3.82. The van der Waals surface area contributed by atoms with Gasteiger partial charge in [0.15, 0.2) is 0 Å². The summed E-state index contributed by atoms with van der Waals surface area (Å²) in [6.07, 6.45) is -9.82. The number of alkyl halides is 6. The van der Waals surface area contributed by atoms with Crippen molar-refractivity contribution in [3.63, 3.8) is 0 Å². The van der Waals surface area contributed by atoms with Gasteiger partial charge in [0, 0.05) is 19.5 Å². The molecular formula is C17H14F6N2O3. The Hall–Kier alpha value is -2.77. The Kier molecular flexibility index (Phi) is 6.21. The highest BCUT2D eigenvalue weighted by Gasteiger charge is 2.42. The number of anilines is 1. The summed E-state index contributed by atoms with van der Waals surface area (Å²) >= 11 is 0. The van der Waals surface area contributed by atoms with E-state index in [4.69, 9.17) is 5.26 Å². The van der Waals surface area contributed by atoms with Crippen LogP contribution in [0.15, 0.2) is 18.2 Å². The SMILES string of the molecule is N#Cc1c(N2CCC(CC(=O)OC(=O)C(F)(F)F)CC2)cccc1C(F)(F)F. The van der Waals surface area contributed by atoms with Gasteiger partial charge in [-0.15, -0.1) is 0 Å². The van der Waals surface area contributed by atoms with E-state index in [0.717, 1.165) is 6.07 Å². The highest BCUT2D eigenvalue weighted by molar-refractivity contribution is 5.88. The molecule has 1 aliphatic rings. The molecule has 1 aromatic rings. The van der Waals surface area contributed by atoms with E-state index in [9.17, 15) is 35.9 Å². The molecule has 5 nitrogen and oxygen atoms in total. The predicted molar refractivity (Wildman–Crippen MR) is 82.9 cm³/mol. The fraction of sp³-hybridized carbons (Fsp3) is 0.471. The fourth-order valence-corrected chi connectivity index (χ4v) is 2.97. The third kappa shape index (κ3) is 5.15. The second-order valence-corrected chi connectivity index (χ2v) is 6.20. The van der Waals surface area contributed by atoms with Gasteiger partial charge in [-0.3, -0.25) is 4.79 Å². The summed E-state index contributed by atoms with van der Waals surface area (Å²) in [7, 11) is 0. The zero-order chi connectivity index (χ0) is 21.1. The number of nitriles is 1. The van der Waals surface area contributed by atoms with Crippen molar-refractivity contribution in [2.24, 2.45) is 5.92 Å². The lowest BCUT2D eigenvalue weighted by molar-refractivity contribution is -0.202. The highest BCUT2D eigenvalue weighted by Crippen LogP contribution is 2.37. The molecule has 1 heterocycles. The minimum Gasteiger partial charge on any atom is -0.386 e. The molecule has 0 atom stereocenters. The summed E-state index contributed by atoms with van der Waals surface area (Å²) in [6, 6.07) is 4.94. The van der Waals surface area contributed by atoms with Gasteiger partial charge < -0.3 is 9.64 Å². The maximum atomic E-state index is 13.0. The number of carbonyl (C=O) groups is 2. The van der Waals surface area contributed by atoms with Gasteiger partial charge in [0.05, 0.1) is 16.8 Å². The first kappa shape index (κ1) is 21.5. The van der Waals surface area contributed by atoms with E-state index in [1.807, 2.05) is 0 Å². The Labute approximate surface area is 155 Å². The van der Waals surface area contributed by atoms with Crippen LogP contribution in [0.4, 0.5) is 32.0 Å². The van der Waals surface area contributed by atoms with E-state index < -0.39 is 41.8 Å². The second kappa shape index (κ2) is 8.08. The third-order valence-electron chi connectivity index (χ3n) is 4.31. The van der Waals surface area contributed by atoms with Crippen molar-refractivity contribution in [3.8, 4) is 6.07 Å². The summed E-state index contributed by atoms with van der Waals surface area (Å²) in [6.45, 7) is 0.391. The van der Waals surface area contributed by atoms with Crippen LogP contribution in [0.3, 0.4) is 0 Å². The first-order valence-electron chi connectivity index (χ1n) is 8.10. The summed E-state index contributed by atoms with van der Waals surface area (Å²) < 4.78 is 79.1. The topological polar surface area (TPSA) is 70.4 Å². The molecule has 11 heteroatoms. The van der Waals surface area contributed by atoms with Crippen LogP contribution < -0.4 is 4.90 Å². The van der Waals surface area contributed by atoms with Crippen LogP contribution >= 0.6 is 0 Å². The summed E-state index contributed by atoms with van der Waals surface area (Å²) in [4.78, 5) is 23.6. The number of benzene rings is 1. The van der Waals surface area contributed by atoms with E-state index in [1.165, 1.54) is 12.1 Å². The van der Waals surface area contributed by atoms with Crippen molar-refractivity contribution in [1.82, 2.24) is 0 Å². The second-order valence-electron chi connectivity index (χ2n) is 6.20. The fourth-order valence-electron chi connectivity index (χ4n) is 2.97. The number of halogens is 6. The molecule has 1 fully saturated rings. The molecule has 152 valence electrons. The van der Waals surface area contributed by atoms with Crippen molar-refractivity contribution in [3.05, 3.63) is 29.3 Å². The largest absolute Gasteiger partial charge is 0.491 e. The van der Waals surface area contributed by atoms with Crippen LogP contribution in [-0.2, 0) is 20.5 Å². The number of nitrogens with zero attached hydrogens (tertiary/aromatic N) is 2. The summed E-state index contributed by atoms with van der Waals surface area (Å²) in [5.74, 6) is -4.28. The molecule has 0 spiro atoms. The van der Waals surface area contributed by atoms with E-state index in [0.29, 0.717) is 0 Å². The number of rotatable bonds is 3. The van der Waals surface area contributed by atoms with Gasteiger partial charge in [-0.05, 0) is 30.9 Å². The van der Waals surface area contributed by atoms with Gasteiger partial charge in [0.25, 0.3) is 0 Å². The van der Waals surface area contributed by atoms with Crippen LogP contribution in [0.2, 0.25) is 0 Å². The number of esters is 2. The lowest BCUT2D eigenvalue weighted by atomic mass is 9.92. The van der Waals surface area contributed by atoms with Crippen molar-refractivity contribution < 1.29 is 40.7 Å². The number of carbonyl (C=O) groups excluding carboxylic acids is 2. The van der Waals surface area contributed by atoms with E-state index in [1.54, 1.807) is 11.0 Å². The average Bonchev–Trinajstić information content (AvgIpc) is 2.60. The van der Waals surface area contributed by atoms with Crippen LogP contribution in [0.25, 0.3) is 0 Å². The van der Waals surface area contributed by atoms with E-state index in [-0.39, 0.29) is 37.5 Å². The lowest BCUT2D eigenvalue weighted by Gasteiger charge is -2.34. The summed E-state index contributed by atoms with van der Waals surface area (Å²) in [5.41, 5.74) is -1.46. The molecule has 2 rings (SSSR count). The monoisotopic (exact) mass is 408 g/mol. The van der Waals surface area contributed by atoms with Gasteiger partial charge in [0.1, 0.15) is 6.07 Å². The number of hydrogen-bond donors (Lipinski definition) is 0. The number of piperidine rings is 1. The van der Waals surface area contributed by atoms with Crippen LogP contribution in [0.5, 0.6) is 0 Å². The molecule has 0 aromatic heterocycles. The molecule has 1 saturated heterocycles. The molecule has 1 aromatic carbocycles. The standard InChI is InChI=1S/C17H14F6N2O3/c18-16(19,20)12-2-1-3-13(11(12)9-24)25-6-4-10(5-7-25)8-14(26)28-15(27)17(21,22)23/h1-3,10H,4-8H2. The smallest absolute Gasteiger partial charge is 0.386 e. The van der Waals surface area contributed by atoms with Gasteiger partial charge in [-0.25, -0.2) is 4.79 Å². The molecule has 0 radical (unpaired) electrons.